The lowest BCUT2D eigenvalue weighted by molar-refractivity contribution is -0.128. The summed E-state index contributed by atoms with van der Waals surface area (Å²) < 4.78 is 0. The third-order valence-electron chi connectivity index (χ3n) is 3.04. The van der Waals surface area contributed by atoms with Crippen LogP contribution in [0.15, 0.2) is 0 Å². The number of aryl methyl sites for hydroxylation is 2. The van der Waals surface area contributed by atoms with Gasteiger partial charge in [0.1, 0.15) is 0 Å². The number of amides is 1. The molecule has 0 aliphatic heterocycles. The number of hydrogen-bond acceptors (Lipinski definition) is 4. The molecule has 1 aromatic rings. The van der Waals surface area contributed by atoms with Gasteiger partial charge in [-0.25, -0.2) is 4.98 Å². The number of carbonyl (C=O) groups excluding carboxylic acids is 1. The Bertz CT molecular complexity index is 426. The van der Waals surface area contributed by atoms with Gasteiger partial charge >= 0.3 is 0 Å². The van der Waals surface area contributed by atoms with Crippen LogP contribution in [0.25, 0.3) is 0 Å². The van der Waals surface area contributed by atoms with Crippen LogP contribution < -0.4 is 10.6 Å². The number of aromatic nitrogens is 1. The Labute approximate surface area is 113 Å². The van der Waals surface area contributed by atoms with Gasteiger partial charge in [0.15, 0.2) is 0 Å². The molecule has 4 nitrogen and oxygen atoms in total. The summed E-state index contributed by atoms with van der Waals surface area (Å²) in [5.74, 6) is 0.0494. The van der Waals surface area contributed by atoms with E-state index in [2.05, 4.69) is 29.5 Å². The maximum absolute atomic E-state index is 11.7. The molecule has 1 heterocycles. The largest absolute Gasteiger partial charge is 0.359 e. The summed E-state index contributed by atoms with van der Waals surface area (Å²) in [4.78, 5) is 17.5. The van der Waals surface area contributed by atoms with Crippen LogP contribution >= 0.6 is 11.3 Å². The van der Waals surface area contributed by atoms with Crippen molar-refractivity contribution >= 4 is 17.2 Å². The summed E-state index contributed by atoms with van der Waals surface area (Å²) in [7, 11) is 1.67. The Kier molecular flexibility index (Phi) is 4.87. The van der Waals surface area contributed by atoms with Crippen molar-refractivity contribution in [1.82, 2.24) is 15.6 Å². The van der Waals surface area contributed by atoms with E-state index in [-0.39, 0.29) is 11.9 Å². The standard InChI is InChI=1S/C13H23N3OS/c1-8(11-9(2)18-10(3)16-11)15-7-13(4,5)12(17)14-6/h8,15H,7H2,1-6H3,(H,14,17). The predicted molar refractivity (Wildman–Crippen MR) is 75.9 cm³/mol. The first-order valence-electron chi connectivity index (χ1n) is 6.17. The lowest BCUT2D eigenvalue weighted by atomic mass is 9.92. The molecule has 0 spiro atoms. The summed E-state index contributed by atoms with van der Waals surface area (Å²) in [6.45, 7) is 10.7. The fourth-order valence-electron chi connectivity index (χ4n) is 1.87. The average Bonchev–Trinajstić information content (AvgIpc) is 2.64. The summed E-state index contributed by atoms with van der Waals surface area (Å²) in [5, 5.41) is 7.17. The zero-order valence-electron chi connectivity index (χ0n) is 12.0. The van der Waals surface area contributed by atoms with Gasteiger partial charge in [-0.1, -0.05) is 0 Å². The van der Waals surface area contributed by atoms with Crippen molar-refractivity contribution in [3.05, 3.63) is 15.6 Å². The molecule has 0 radical (unpaired) electrons. The molecule has 5 heteroatoms. The van der Waals surface area contributed by atoms with E-state index < -0.39 is 5.41 Å². The molecule has 1 unspecified atom stereocenters. The van der Waals surface area contributed by atoms with Crippen LogP contribution in [0.3, 0.4) is 0 Å². The second-order valence-electron chi connectivity index (χ2n) is 5.24. The number of thiazole rings is 1. The summed E-state index contributed by atoms with van der Waals surface area (Å²) in [6.07, 6.45) is 0. The molecule has 0 bridgehead atoms. The van der Waals surface area contributed by atoms with E-state index in [4.69, 9.17) is 0 Å². The van der Waals surface area contributed by atoms with Gasteiger partial charge in [-0.05, 0) is 34.6 Å². The highest BCUT2D eigenvalue weighted by atomic mass is 32.1. The van der Waals surface area contributed by atoms with Crippen LogP contribution in [0.1, 0.15) is 42.4 Å². The van der Waals surface area contributed by atoms with E-state index in [1.54, 1.807) is 18.4 Å². The Morgan fingerprint density at radius 2 is 2.06 bits per heavy atom. The first-order chi connectivity index (χ1) is 8.27. The highest BCUT2D eigenvalue weighted by Gasteiger charge is 2.27. The third-order valence-corrected chi connectivity index (χ3v) is 3.94. The molecule has 2 N–H and O–H groups in total. The van der Waals surface area contributed by atoms with Crippen LogP contribution in [0.5, 0.6) is 0 Å². The highest BCUT2D eigenvalue weighted by molar-refractivity contribution is 7.11. The maximum Gasteiger partial charge on any atom is 0.226 e. The van der Waals surface area contributed by atoms with Crippen LogP contribution in [-0.2, 0) is 4.79 Å². The number of nitrogens with zero attached hydrogens (tertiary/aromatic N) is 1. The predicted octanol–water partition coefficient (Wildman–Crippen LogP) is 2.18. The van der Waals surface area contributed by atoms with E-state index >= 15 is 0 Å². The molecule has 102 valence electrons. The molecular weight excluding hydrogens is 246 g/mol. The van der Waals surface area contributed by atoms with Crippen LogP contribution in [0.4, 0.5) is 0 Å². The van der Waals surface area contributed by atoms with Gasteiger partial charge < -0.3 is 10.6 Å². The second kappa shape index (κ2) is 5.80. The Hall–Kier alpha value is -0.940. The molecule has 0 aliphatic rings. The molecule has 0 saturated heterocycles. The number of nitrogens with one attached hydrogen (secondary N) is 2. The van der Waals surface area contributed by atoms with Gasteiger partial charge in [-0.2, -0.15) is 0 Å². The van der Waals surface area contributed by atoms with Crippen molar-refractivity contribution < 1.29 is 4.79 Å². The number of carbonyl (C=O) groups is 1. The first-order valence-corrected chi connectivity index (χ1v) is 6.99. The average molecular weight is 269 g/mol. The van der Waals surface area contributed by atoms with Crippen LogP contribution in [-0.4, -0.2) is 24.5 Å². The minimum Gasteiger partial charge on any atom is -0.359 e. The lowest BCUT2D eigenvalue weighted by Crippen LogP contribution is -2.42. The molecule has 1 amide bonds. The molecule has 1 rings (SSSR count). The maximum atomic E-state index is 11.7. The van der Waals surface area contributed by atoms with Crippen molar-refractivity contribution in [2.24, 2.45) is 5.41 Å². The highest BCUT2D eigenvalue weighted by Crippen LogP contribution is 2.23. The van der Waals surface area contributed by atoms with Crippen LogP contribution in [0, 0.1) is 19.3 Å². The molecule has 1 aromatic heterocycles. The molecule has 18 heavy (non-hydrogen) atoms. The minimum absolute atomic E-state index is 0.0494. The SMILES string of the molecule is CNC(=O)C(C)(C)CNC(C)c1nc(C)sc1C. The van der Waals surface area contributed by atoms with Crippen LogP contribution in [0.2, 0.25) is 0 Å². The number of hydrogen-bond donors (Lipinski definition) is 2. The van der Waals surface area contributed by atoms with E-state index in [9.17, 15) is 4.79 Å². The zero-order valence-corrected chi connectivity index (χ0v) is 12.9. The third kappa shape index (κ3) is 3.53. The quantitative estimate of drug-likeness (QED) is 0.861. The Balaban J connectivity index is 2.64. The van der Waals surface area contributed by atoms with Gasteiger partial charge in [0.05, 0.1) is 16.1 Å². The first kappa shape index (κ1) is 15.1. The van der Waals surface area contributed by atoms with Gasteiger partial charge in [0.2, 0.25) is 5.91 Å². The lowest BCUT2D eigenvalue weighted by Gasteiger charge is -2.25. The topological polar surface area (TPSA) is 54.0 Å². The van der Waals surface area contributed by atoms with Crippen molar-refractivity contribution in [3.8, 4) is 0 Å². The van der Waals surface area contributed by atoms with E-state index in [0.717, 1.165) is 10.7 Å². The Morgan fingerprint density at radius 1 is 1.44 bits per heavy atom. The molecule has 0 aliphatic carbocycles. The smallest absolute Gasteiger partial charge is 0.226 e. The van der Waals surface area contributed by atoms with E-state index in [1.807, 2.05) is 20.8 Å². The zero-order chi connectivity index (χ0) is 13.9. The van der Waals surface area contributed by atoms with Crippen molar-refractivity contribution in [1.29, 1.82) is 0 Å². The molecule has 1 atom stereocenters. The van der Waals surface area contributed by atoms with Crippen molar-refractivity contribution in [3.63, 3.8) is 0 Å². The fraction of sp³-hybridized carbons (Fsp3) is 0.692. The van der Waals surface area contributed by atoms with Gasteiger partial charge in [0, 0.05) is 24.5 Å². The molecule has 0 saturated carbocycles. The van der Waals surface area contributed by atoms with Crippen molar-refractivity contribution in [2.45, 2.75) is 40.7 Å². The molecule has 0 fully saturated rings. The van der Waals surface area contributed by atoms with Gasteiger partial charge in [-0.15, -0.1) is 11.3 Å². The molecular formula is C13H23N3OS. The minimum atomic E-state index is -0.415. The Morgan fingerprint density at radius 3 is 2.50 bits per heavy atom. The monoisotopic (exact) mass is 269 g/mol. The summed E-state index contributed by atoms with van der Waals surface area (Å²) in [5.41, 5.74) is 0.673. The summed E-state index contributed by atoms with van der Waals surface area (Å²) in [6, 6.07) is 0.166. The molecule has 0 aromatic carbocycles. The summed E-state index contributed by atoms with van der Waals surface area (Å²) >= 11 is 1.71. The van der Waals surface area contributed by atoms with Gasteiger partial charge in [-0.3, -0.25) is 4.79 Å². The number of rotatable bonds is 5. The fourth-order valence-corrected chi connectivity index (χ4v) is 2.78. The second-order valence-corrected chi connectivity index (χ2v) is 6.65. The van der Waals surface area contributed by atoms with E-state index in [1.165, 1.54) is 4.88 Å². The normalized spacial score (nSPS) is 13.4. The van der Waals surface area contributed by atoms with Gasteiger partial charge in [0.25, 0.3) is 0 Å². The van der Waals surface area contributed by atoms with E-state index in [0.29, 0.717) is 6.54 Å². The van der Waals surface area contributed by atoms with Crippen molar-refractivity contribution in [2.75, 3.05) is 13.6 Å².